The van der Waals surface area contributed by atoms with Gasteiger partial charge in [-0.25, -0.2) is 9.37 Å². The normalized spacial score (nSPS) is 11.3. The van der Waals surface area contributed by atoms with E-state index in [9.17, 15) is 14.4 Å². The van der Waals surface area contributed by atoms with Gasteiger partial charge in [-0.3, -0.25) is 10.1 Å². The Morgan fingerprint density at radius 3 is 2.70 bits per heavy atom. The van der Waals surface area contributed by atoms with Crippen molar-refractivity contribution in [3.8, 4) is 17.4 Å². The van der Waals surface area contributed by atoms with Crippen molar-refractivity contribution in [1.29, 1.82) is 5.26 Å². The van der Waals surface area contributed by atoms with Gasteiger partial charge in [-0.15, -0.1) is 11.3 Å². The van der Waals surface area contributed by atoms with Crippen molar-refractivity contribution in [3.63, 3.8) is 0 Å². The number of hydrogen-bond donors (Lipinski definition) is 1. The van der Waals surface area contributed by atoms with Gasteiger partial charge in [0.05, 0.1) is 5.02 Å². The first kappa shape index (κ1) is 22.7. The maximum Gasteiger partial charge on any atom is 0.268 e. The second kappa shape index (κ2) is 10.0. The van der Waals surface area contributed by atoms with E-state index in [1.807, 2.05) is 6.07 Å². The molecule has 164 valence electrons. The monoisotopic (exact) mass is 497 g/mol. The Morgan fingerprint density at radius 1 is 1.18 bits per heavy atom. The molecule has 4 rings (SSSR count). The molecule has 9 heteroatoms. The lowest BCUT2D eigenvalue weighted by atomic mass is 10.1. The molecule has 0 aliphatic heterocycles. The maximum absolute atomic E-state index is 13.1. The van der Waals surface area contributed by atoms with Crippen molar-refractivity contribution in [2.45, 2.75) is 6.42 Å². The summed E-state index contributed by atoms with van der Waals surface area (Å²) in [7, 11) is 0. The second-order valence-corrected chi connectivity index (χ2v) is 8.84. The number of carbonyl (C=O) groups excluding carboxylic acids is 1. The average Bonchev–Trinajstić information content (AvgIpc) is 3.43. The van der Waals surface area contributed by atoms with Gasteiger partial charge in [-0.2, -0.15) is 5.26 Å². The van der Waals surface area contributed by atoms with E-state index >= 15 is 0 Å². The van der Waals surface area contributed by atoms with Crippen LogP contribution in [0.3, 0.4) is 0 Å². The molecule has 0 unspecified atom stereocenters. The zero-order chi connectivity index (χ0) is 23.4. The summed E-state index contributed by atoms with van der Waals surface area (Å²) < 4.78 is 18.8. The molecule has 0 saturated heterocycles. The number of anilines is 1. The van der Waals surface area contributed by atoms with Crippen molar-refractivity contribution in [3.05, 3.63) is 98.4 Å². The minimum Gasteiger partial charge on any atom is -0.457 e. The Balaban J connectivity index is 1.45. The molecule has 0 saturated carbocycles. The second-order valence-electron chi connectivity index (χ2n) is 6.89. The van der Waals surface area contributed by atoms with Gasteiger partial charge in [0.2, 0.25) is 0 Å². The highest BCUT2D eigenvalue weighted by Crippen LogP contribution is 2.32. The van der Waals surface area contributed by atoms with Gasteiger partial charge in [-0.1, -0.05) is 35.3 Å². The number of furan rings is 1. The van der Waals surface area contributed by atoms with Crippen molar-refractivity contribution < 1.29 is 13.6 Å². The fourth-order valence-corrected chi connectivity index (χ4v) is 4.31. The number of halogens is 3. The van der Waals surface area contributed by atoms with Crippen LogP contribution in [0, 0.1) is 17.1 Å². The van der Waals surface area contributed by atoms with Crippen molar-refractivity contribution >= 4 is 51.7 Å². The molecule has 2 aromatic heterocycles. The van der Waals surface area contributed by atoms with Crippen LogP contribution in [0.2, 0.25) is 10.0 Å². The van der Waals surface area contributed by atoms with E-state index in [2.05, 4.69) is 10.3 Å². The summed E-state index contributed by atoms with van der Waals surface area (Å²) in [5.74, 6) is -0.112. The highest BCUT2D eigenvalue weighted by Gasteiger charge is 2.14. The Labute approximate surface area is 202 Å². The smallest absolute Gasteiger partial charge is 0.268 e. The van der Waals surface area contributed by atoms with E-state index in [0.717, 1.165) is 10.4 Å². The minimum atomic E-state index is -0.609. The molecule has 33 heavy (non-hydrogen) atoms. The number of rotatable bonds is 6. The summed E-state index contributed by atoms with van der Waals surface area (Å²) in [5.41, 5.74) is 1.42. The van der Waals surface area contributed by atoms with Crippen LogP contribution in [0.1, 0.15) is 16.2 Å². The highest BCUT2D eigenvalue weighted by atomic mass is 35.5. The fraction of sp³-hybridized carbons (Fsp3) is 0.0417. The summed E-state index contributed by atoms with van der Waals surface area (Å²) in [5, 5.41) is 13.4. The van der Waals surface area contributed by atoms with Crippen LogP contribution in [0.5, 0.6) is 0 Å². The third-order valence-corrected chi connectivity index (χ3v) is 6.00. The first-order valence-electron chi connectivity index (χ1n) is 9.59. The van der Waals surface area contributed by atoms with Gasteiger partial charge in [0.25, 0.3) is 5.91 Å². The SMILES string of the molecule is N#C/C(=C/c1ccc(-c2ccc(Cl)cc2Cl)o1)C(=O)Nc1ncc(Cc2ccc(F)cc2)s1. The lowest BCUT2D eigenvalue weighted by Gasteiger charge is -2.01. The summed E-state index contributed by atoms with van der Waals surface area (Å²) in [6.45, 7) is 0. The maximum atomic E-state index is 13.1. The van der Waals surface area contributed by atoms with Crippen LogP contribution >= 0.6 is 34.5 Å². The molecule has 4 aromatic rings. The van der Waals surface area contributed by atoms with E-state index in [1.165, 1.54) is 29.5 Å². The third-order valence-electron chi connectivity index (χ3n) is 4.54. The average molecular weight is 498 g/mol. The zero-order valence-electron chi connectivity index (χ0n) is 16.8. The van der Waals surface area contributed by atoms with Crippen LogP contribution in [-0.2, 0) is 11.2 Å². The molecule has 1 N–H and O–H groups in total. The van der Waals surface area contributed by atoms with Crippen LogP contribution in [0.15, 0.2) is 70.8 Å². The van der Waals surface area contributed by atoms with Gasteiger partial charge in [0.1, 0.15) is 29.0 Å². The first-order chi connectivity index (χ1) is 15.9. The molecule has 2 aromatic carbocycles. The predicted octanol–water partition coefficient (Wildman–Crippen LogP) is 6.99. The molecular formula is C24H14Cl2FN3O2S. The number of nitrogens with zero attached hydrogens (tertiary/aromatic N) is 2. The molecule has 0 spiro atoms. The van der Waals surface area contributed by atoms with Gasteiger partial charge in [-0.05, 0) is 48.0 Å². The molecule has 0 fully saturated rings. The lowest BCUT2D eigenvalue weighted by molar-refractivity contribution is -0.112. The van der Waals surface area contributed by atoms with Crippen molar-refractivity contribution in [2.75, 3.05) is 5.32 Å². The Kier molecular flexibility index (Phi) is 6.90. The number of nitriles is 1. The molecular weight excluding hydrogens is 484 g/mol. The Morgan fingerprint density at radius 2 is 1.97 bits per heavy atom. The molecule has 2 heterocycles. The largest absolute Gasteiger partial charge is 0.457 e. The van der Waals surface area contributed by atoms with Crippen LogP contribution in [-0.4, -0.2) is 10.9 Å². The molecule has 1 amide bonds. The molecule has 5 nitrogen and oxygen atoms in total. The first-order valence-corrected chi connectivity index (χ1v) is 11.2. The summed E-state index contributed by atoms with van der Waals surface area (Å²) in [4.78, 5) is 17.6. The van der Waals surface area contributed by atoms with Crippen LogP contribution < -0.4 is 5.32 Å². The standard InChI is InChI=1S/C24H14Cl2FN3O2S/c25-16-3-7-20(21(26)11-16)22-8-6-18(32-22)10-15(12-28)23(31)30-24-29-13-19(33-24)9-14-1-4-17(27)5-2-14/h1-8,10-11,13H,9H2,(H,29,30,31)/b15-10-. The highest BCUT2D eigenvalue weighted by molar-refractivity contribution is 7.15. The number of carbonyl (C=O) groups is 1. The number of nitrogens with one attached hydrogen (secondary N) is 1. The number of hydrogen-bond acceptors (Lipinski definition) is 5. The van der Waals surface area contributed by atoms with E-state index in [0.29, 0.717) is 38.7 Å². The number of aromatic nitrogens is 1. The molecule has 0 bridgehead atoms. The van der Waals surface area contributed by atoms with E-state index in [-0.39, 0.29) is 11.4 Å². The van der Waals surface area contributed by atoms with E-state index < -0.39 is 5.91 Å². The number of amides is 1. The topological polar surface area (TPSA) is 78.9 Å². The quantitative estimate of drug-likeness (QED) is 0.230. The Bertz CT molecular complexity index is 1390. The lowest BCUT2D eigenvalue weighted by Crippen LogP contribution is -2.13. The van der Waals surface area contributed by atoms with Gasteiger partial charge in [0, 0.05) is 34.2 Å². The van der Waals surface area contributed by atoms with Crippen molar-refractivity contribution in [2.24, 2.45) is 0 Å². The van der Waals surface area contributed by atoms with Gasteiger partial charge in [0.15, 0.2) is 5.13 Å². The molecule has 0 aliphatic carbocycles. The molecule has 0 aliphatic rings. The zero-order valence-corrected chi connectivity index (χ0v) is 19.1. The van der Waals surface area contributed by atoms with E-state index in [4.69, 9.17) is 27.6 Å². The van der Waals surface area contributed by atoms with Crippen LogP contribution in [0.4, 0.5) is 9.52 Å². The van der Waals surface area contributed by atoms with E-state index in [1.54, 1.807) is 48.7 Å². The van der Waals surface area contributed by atoms with Gasteiger partial charge < -0.3 is 4.42 Å². The third kappa shape index (κ3) is 5.68. The fourth-order valence-electron chi connectivity index (χ4n) is 2.97. The van der Waals surface area contributed by atoms with Gasteiger partial charge >= 0.3 is 0 Å². The summed E-state index contributed by atoms with van der Waals surface area (Å²) in [6.07, 6.45) is 3.53. The minimum absolute atomic E-state index is 0.145. The Hall–Kier alpha value is -3.44. The van der Waals surface area contributed by atoms with Crippen molar-refractivity contribution in [1.82, 2.24) is 4.98 Å². The van der Waals surface area contributed by atoms with Crippen LogP contribution in [0.25, 0.3) is 17.4 Å². The molecule has 0 radical (unpaired) electrons. The molecule has 0 atom stereocenters. The summed E-state index contributed by atoms with van der Waals surface area (Å²) >= 11 is 13.4. The number of benzene rings is 2. The predicted molar refractivity (Wildman–Crippen MR) is 128 cm³/mol. The summed E-state index contributed by atoms with van der Waals surface area (Å²) in [6, 6.07) is 16.4. The number of thiazole rings is 1.